The predicted molar refractivity (Wildman–Crippen MR) is 95.8 cm³/mol. The number of imide groups is 1. The van der Waals surface area contributed by atoms with E-state index in [9.17, 15) is 19.2 Å². The molecule has 0 heterocycles. The van der Waals surface area contributed by atoms with Crippen LogP contribution < -0.4 is 16.0 Å². The van der Waals surface area contributed by atoms with E-state index in [1.54, 1.807) is 38.1 Å². The Kier molecular flexibility index (Phi) is 8.57. The van der Waals surface area contributed by atoms with Gasteiger partial charge in [-0.3, -0.25) is 19.7 Å². The van der Waals surface area contributed by atoms with E-state index < -0.39 is 24.0 Å². The molecule has 0 unspecified atom stereocenters. The van der Waals surface area contributed by atoms with Gasteiger partial charge in [0.25, 0.3) is 11.8 Å². The molecule has 0 saturated heterocycles. The lowest BCUT2D eigenvalue weighted by molar-refractivity contribution is -0.154. The molecule has 1 aromatic carbocycles. The first-order valence-electron chi connectivity index (χ1n) is 8.03. The molecular weight excluding hydrogens is 362 g/mol. The van der Waals surface area contributed by atoms with Crippen LogP contribution in [-0.2, 0) is 14.3 Å². The van der Waals surface area contributed by atoms with Gasteiger partial charge < -0.3 is 15.4 Å². The van der Waals surface area contributed by atoms with Crippen molar-refractivity contribution in [1.29, 1.82) is 0 Å². The van der Waals surface area contributed by atoms with Crippen LogP contribution in [0.4, 0.5) is 4.79 Å². The minimum absolute atomic E-state index is 0.0441. The summed E-state index contributed by atoms with van der Waals surface area (Å²) >= 11 is 5.74. The average Bonchev–Trinajstić information content (AvgIpc) is 2.54. The van der Waals surface area contributed by atoms with Crippen molar-refractivity contribution in [3.8, 4) is 0 Å². The number of benzene rings is 1. The fraction of sp³-hybridized carbons (Fsp3) is 0.412. The standard InChI is InChI=1S/C17H22ClN3O5/c1-10(2)20-17(25)21-15(23)11(3)26-14(22)8-9-19-16(24)12-4-6-13(18)7-5-12/h4-7,10-11H,8-9H2,1-3H3,(H,19,24)(H2,20,21,23,25)/t11-/m1/s1. The minimum atomic E-state index is -1.13. The van der Waals surface area contributed by atoms with Crippen molar-refractivity contribution in [3.05, 3.63) is 34.9 Å². The van der Waals surface area contributed by atoms with Crippen LogP contribution in [0.25, 0.3) is 0 Å². The van der Waals surface area contributed by atoms with Gasteiger partial charge in [-0.1, -0.05) is 11.6 Å². The van der Waals surface area contributed by atoms with Crippen molar-refractivity contribution in [2.24, 2.45) is 0 Å². The Morgan fingerprint density at radius 3 is 2.27 bits per heavy atom. The molecule has 0 aliphatic carbocycles. The van der Waals surface area contributed by atoms with E-state index in [1.807, 2.05) is 0 Å². The summed E-state index contributed by atoms with van der Waals surface area (Å²) in [7, 11) is 0. The Hall–Kier alpha value is -2.61. The molecule has 0 bridgehead atoms. The van der Waals surface area contributed by atoms with Crippen LogP contribution in [0.2, 0.25) is 5.02 Å². The fourth-order valence-corrected chi connectivity index (χ4v) is 1.93. The number of esters is 1. The number of rotatable bonds is 7. The maximum Gasteiger partial charge on any atom is 0.321 e. The Bertz CT molecular complexity index is 661. The molecule has 0 aliphatic rings. The zero-order valence-electron chi connectivity index (χ0n) is 14.8. The summed E-state index contributed by atoms with van der Waals surface area (Å²) in [5, 5.41) is 7.62. The summed E-state index contributed by atoms with van der Waals surface area (Å²) in [6, 6.07) is 5.49. The largest absolute Gasteiger partial charge is 0.452 e. The smallest absolute Gasteiger partial charge is 0.321 e. The fourth-order valence-electron chi connectivity index (χ4n) is 1.80. The number of carbonyl (C=O) groups is 4. The van der Waals surface area contributed by atoms with Crippen LogP contribution in [-0.4, -0.2) is 42.5 Å². The highest BCUT2D eigenvalue weighted by atomic mass is 35.5. The zero-order valence-corrected chi connectivity index (χ0v) is 15.6. The summed E-state index contributed by atoms with van der Waals surface area (Å²) in [6.45, 7) is 4.88. The molecular formula is C17H22ClN3O5. The van der Waals surface area contributed by atoms with Crippen LogP contribution in [0.15, 0.2) is 24.3 Å². The molecule has 0 aromatic heterocycles. The summed E-state index contributed by atoms with van der Waals surface area (Å²) in [5.74, 6) is -1.76. The molecule has 0 saturated carbocycles. The van der Waals surface area contributed by atoms with Crippen molar-refractivity contribution in [1.82, 2.24) is 16.0 Å². The monoisotopic (exact) mass is 383 g/mol. The summed E-state index contributed by atoms with van der Waals surface area (Å²) in [6.07, 6.45) is -1.25. The Morgan fingerprint density at radius 2 is 1.69 bits per heavy atom. The van der Waals surface area contributed by atoms with Gasteiger partial charge in [0, 0.05) is 23.2 Å². The highest BCUT2D eigenvalue weighted by molar-refractivity contribution is 6.30. The van der Waals surface area contributed by atoms with Crippen molar-refractivity contribution < 1.29 is 23.9 Å². The summed E-state index contributed by atoms with van der Waals surface area (Å²) in [5.41, 5.74) is 0.409. The lowest BCUT2D eigenvalue weighted by Gasteiger charge is -2.14. The van der Waals surface area contributed by atoms with Crippen molar-refractivity contribution in [2.45, 2.75) is 39.3 Å². The molecule has 8 nitrogen and oxygen atoms in total. The molecule has 3 N–H and O–H groups in total. The molecule has 0 spiro atoms. The number of hydrogen-bond acceptors (Lipinski definition) is 5. The normalized spacial score (nSPS) is 11.4. The van der Waals surface area contributed by atoms with Crippen LogP contribution in [0, 0.1) is 0 Å². The second-order valence-electron chi connectivity index (χ2n) is 5.76. The van der Waals surface area contributed by atoms with Gasteiger partial charge >= 0.3 is 12.0 Å². The number of halogens is 1. The van der Waals surface area contributed by atoms with E-state index in [0.717, 1.165) is 0 Å². The molecule has 1 atom stereocenters. The lowest BCUT2D eigenvalue weighted by Crippen LogP contribution is -2.46. The van der Waals surface area contributed by atoms with E-state index in [1.165, 1.54) is 6.92 Å². The van der Waals surface area contributed by atoms with Crippen LogP contribution in [0.1, 0.15) is 37.6 Å². The molecule has 0 aliphatic heterocycles. The quantitative estimate of drug-likeness (QED) is 0.619. The number of nitrogens with one attached hydrogen (secondary N) is 3. The maximum atomic E-state index is 11.9. The van der Waals surface area contributed by atoms with Crippen molar-refractivity contribution in [2.75, 3.05) is 6.54 Å². The van der Waals surface area contributed by atoms with Crippen molar-refractivity contribution in [3.63, 3.8) is 0 Å². The van der Waals surface area contributed by atoms with Gasteiger partial charge in [-0.15, -0.1) is 0 Å². The second kappa shape index (κ2) is 10.4. The Labute approximate surface area is 156 Å². The molecule has 142 valence electrons. The van der Waals surface area contributed by atoms with Gasteiger partial charge in [-0.05, 0) is 45.0 Å². The number of hydrogen-bond donors (Lipinski definition) is 3. The topological polar surface area (TPSA) is 114 Å². The first-order valence-corrected chi connectivity index (χ1v) is 8.41. The van der Waals surface area contributed by atoms with Crippen molar-refractivity contribution >= 4 is 35.4 Å². The van der Waals surface area contributed by atoms with E-state index in [0.29, 0.717) is 10.6 Å². The molecule has 26 heavy (non-hydrogen) atoms. The summed E-state index contributed by atoms with van der Waals surface area (Å²) in [4.78, 5) is 46.7. The van der Waals surface area contributed by atoms with E-state index in [4.69, 9.17) is 16.3 Å². The highest BCUT2D eigenvalue weighted by Gasteiger charge is 2.20. The zero-order chi connectivity index (χ0) is 19.7. The van der Waals surface area contributed by atoms with Crippen LogP contribution in [0.5, 0.6) is 0 Å². The second-order valence-corrected chi connectivity index (χ2v) is 6.20. The average molecular weight is 384 g/mol. The molecule has 9 heteroatoms. The number of urea groups is 1. The maximum absolute atomic E-state index is 11.9. The number of amides is 4. The molecule has 0 fully saturated rings. The van der Waals surface area contributed by atoms with Crippen LogP contribution in [0.3, 0.4) is 0 Å². The van der Waals surface area contributed by atoms with Gasteiger partial charge in [0.05, 0.1) is 6.42 Å². The first-order chi connectivity index (χ1) is 12.2. The third-order valence-electron chi connectivity index (χ3n) is 3.06. The third kappa shape index (κ3) is 7.98. The van der Waals surface area contributed by atoms with Gasteiger partial charge in [0.2, 0.25) is 0 Å². The van der Waals surface area contributed by atoms with Gasteiger partial charge in [-0.25, -0.2) is 4.79 Å². The number of ether oxygens (including phenoxy) is 1. The minimum Gasteiger partial charge on any atom is -0.452 e. The molecule has 4 amide bonds. The third-order valence-corrected chi connectivity index (χ3v) is 3.31. The lowest BCUT2D eigenvalue weighted by atomic mass is 10.2. The van der Waals surface area contributed by atoms with E-state index in [-0.39, 0.29) is 24.9 Å². The van der Waals surface area contributed by atoms with E-state index >= 15 is 0 Å². The summed E-state index contributed by atoms with van der Waals surface area (Å²) < 4.78 is 4.92. The Balaban J connectivity index is 2.32. The molecule has 1 rings (SSSR count). The molecule has 1 aromatic rings. The van der Waals surface area contributed by atoms with Gasteiger partial charge in [0.1, 0.15) is 0 Å². The van der Waals surface area contributed by atoms with Gasteiger partial charge in [0.15, 0.2) is 6.10 Å². The van der Waals surface area contributed by atoms with Gasteiger partial charge in [-0.2, -0.15) is 0 Å². The molecule has 0 radical (unpaired) electrons. The number of carbonyl (C=O) groups excluding carboxylic acids is 4. The Morgan fingerprint density at radius 1 is 1.08 bits per heavy atom. The highest BCUT2D eigenvalue weighted by Crippen LogP contribution is 2.09. The predicted octanol–water partition coefficient (Wildman–Crippen LogP) is 1.63. The first kappa shape index (κ1) is 21.4. The SMILES string of the molecule is CC(C)NC(=O)NC(=O)[C@@H](C)OC(=O)CCNC(=O)c1ccc(Cl)cc1. The van der Waals surface area contributed by atoms with E-state index in [2.05, 4.69) is 16.0 Å². The van der Waals surface area contributed by atoms with Crippen LogP contribution >= 0.6 is 11.6 Å².